The molecule has 0 aliphatic rings. The van der Waals surface area contributed by atoms with E-state index < -0.39 is 18.4 Å². The van der Waals surface area contributed by atoms with E-state index in [-0.39, 0.29) is 6.61 Å². The van der Waals surface area contributed by atoms with Crippen LogP contribution in [-0.2, 0) is 16.2 Å². The number of ether oxygens (including phenoxy) is 1. The summed E-state index contributed by atoms with van der Waals surface area (Å²) in [5, 5.41) is 10.3. The van der Waals surface area contributed by atoms with E-state index in [9.17, 15) is 9.59 Å². The Morgan fingerprint density at radius 2 is 1.88 bits per heavy atom. The zero-order valence-electron chi connectivity index (χ0n) is 12.9. The van der Waals surface area contributed by atoms with Crippen LogP contribution in [0.25, 0.3) is 0 Å². The Balaban J connectivity index is 2.11. The highest BCUT2D eigenvalue weighted by Gasteiger charge is 2.20. The molecule has 0 bridgehead atoms. The maximum atomic E-state index is 12.4. The number of hydrogen-bond acceptors (Lipinski definition) is 4. The summed E-state index contributed by atoms with van der Waals surface area (Å²) in [5.41, 5.74) is 1.02. The lowest BCUT2D eigenvalue weighted by molar-refractivity contribution is -0.162. The van der Waals surface area contributed by atoms with Gasteiger partial charge in [0.2, 0.25) is 0 Å². The average molecular weight is 350 g/mol. The van der Waals surface area contributed by atoms with E-state index in [4.69, 9.17) is 26.3 Å². The third-order valence-corrected chi connectivity index (χ3v) is 3.35. The Hall–Kier alpha value is -2.57. The predicted octanol–water partition coefficient (Wildman–Crippen LogP) is 3.01. The van der Waals surface area contributed by atoms with E-state index in [1.807, 2.05) is 0 Å². The number of halogens is 1. The number of hydroxylamine groups is 2. The van der Waals surface area contributed by atoms with Gasteiger partial charge < -0.3 is 9.84 Å². The molecule has 24 heavy (non-hydrogen) atoms. The van der Waals surface area contributed by atoms with E-state index in [2.05, 4.69) is 0 Å². The number of carboxylic acid groups (broad SMARTS) is 1. The minimum atomic E-state index is -1.18. The van der Waals surface area contributed by atoms with Crippen molar-refractivity contribution >= 4 is 23.5 Å². The highest BCUT2D eigenvalue weighted by Crippen LogP contribution is 2.15. The van der Waals surface area contributed by atoms with Crippen molar-refractivity contribution in [1.82, 2.24) is 5.06 Å². The molecule has 2 aromatic rings. The topological polar surface area (TPSA) is 76.1 Å². The molecule has 0 spiro atoms. The smallest absolute Gasteiger partial charge is 0.325 e. The van der Waals surface area contributed by atoms with Crippen LogP contribution in [0.2, 0.25) is 5.02 Å². The SMILES string of the molecule is COc1ccc(C(=O)N(CC(=O)O)OCc2cccc(Cl)c2)cc1. The molecule has 2 rings (SSSR count). The Labute approximate surface area is 144 Å². The number of hydrogen-bond donors (Lipinski definition) is 1. The van der Waals surface area contributed by atoms with Crippen molar-refractivity contribution in [3.8, 4) is 5.75 Å². The van der Waals surface area contributed by atoms with Crippen molar-refractivity contribution < 1.29 is 24.3 Å². The van der Waals surface area contributed by atoms with Gasteiger partial charge in [0.25, 0.3) is 5.91 Å². The first kappa shape index (κ1) is 17.8. The van der Waals surface area contributed by atoms with Gasteiger partial charge in [0.15, 0.2) is 0 Å². The molecular weight excluding hydrogens is 334 g/mol. The van der Waals surface area contributed by atoms with E-state index in [0.29, 0.717) is 16.3 Å². The van der Waals surface area contributed by atoms with E-state index in [1.54, 1.807) is 48.5 Å². The monoisotopic (exact) mass is 349 g/mol. The number of benzene rings is 2. The lowest BCUT2D eigenvalue weighted by atomic mass is 10.2. The fraction of sp³-hybridized carbons (Fsp3) is 0.176. The van der Waals surface area contributed by atoms with E-state index >= 15 is 0 Å². The summed E-state index contributed by atoms with van der Waals surface area (Å²) in [4.78, 5) is 28.8. The summed E-state index contributed by atoms with van der Waals surface area (Å²) in [6.45, 7) is -0.554. The Morgan fingerprint density at radius 1 is 1.17 bits per heavy atom. The minimum absolute atomic E-state index is 0.0235. The van der Waals surface area contributed by atoms with Crippen molar-refractivity contribution in [1.29, 1.82) is 0 Å². The third kappa shape index (κ3) is 4.97. The highest BCUT2D eigenvalue weighted by molar-refractivity contribution is 6.30. The summed E-state index contributed by atoms with van der Waals surface area (Å²) >= 11 is 5.89. The molecule has 126 valence electrons. The quantitative estimate of drug-likeness (QED) is 0.778. The van der Waals surface area contributed by atoms with Crippen LogP contribution in [0.15, 0.2) is 48.5 Å². The van der Waals surface area contributed by atoms with Gasteiger partial charge in [-0.25, -0.2) is 5.06 Å². The molecule has 0 aliphatic carbocycles. The van der Waals surface area contributed by atoms with Crippen molar-refractivity contribution in [3.63, 3.8) is 0 Å². The molecule has 0 aromatic heterocycles. The number of carbonyl (C=O) groups excluding carboxylic acids is 1. The first-order chi connectivity index (χ1) is 11.5. The molecule has 1 amide bonds. The first-order valence-corrected chi connectivity index (χ1v) is 7.42. The molecule has 2 aromatic carbocycles. The van der Waals surface area contributed by atoms with Gasteiger partial charge in [-0.2, -0.15) is 0 Å². The molecule has 0 heterocycles. The molecule has 0 radical (unpaired) electrons. The lowest BCUT2D eigenvalue weighted by Crippen LogP contribution is -2.35. The molecule has 0 aliphatic heterocycles. The molecule has 7 heteroatoms. The fourth-order valence-corrected chi connectivity index (χ4v) is 2.17. The van der Waals surface area contributed by atoms with Crippen LogP contribution in [0.5, 0.6) is 5.75 Å². The van der Waals surface area contributed by atoms with E-state index in [1.165, 1.54) is 7.11 Å². The van der Waals surface area contributed by atoms with Gasteiger partial charge in [-0.3, -0.25) is 14.4 Å². The normalized spacial score (nSPS) is 10.2. The molecule has 0 fully saturated rings. The van der Waals surface area contributed by atoms with Crippen LogP contribution in [0.4, 0.5) is 0 Å². The number of aliphatic carboxylic acids is 1. The van der Waals surface area contributed by atoms with Gasteiger partial charge in [-0.05, 0) is 42.0 Å². The Morgan fingerprint density at radius 3 is 2.46 bits per heavy atom. The number of amides is 1. The minimum Gasteiger partial charge on any atom is -0.497 e. The van der Waals surface area contributed by atoms with Crippen molar-refractivity contribution in [2.45, 2.75) is 6.61 Å². The summed E-state index contributed by atoms with van der Waals surface area (Å²) in [6.07, 6.45) is 0. The average Bonchev–Trinajstić information content (AvgIpc) is 2.58. The molecule has 1 N–H and O–H groups in total. The maximum absolute atomic E-state index is 12.4. The molecule has 0 saturated heterocycles. The first-order valence-electron chi connectivity index (χ1n) is 7.04. The van der Waals surface area contributed by atoms with Gasteiger partial charge in [0.05, 0.1) is 7.11 Å². The second-order valence-electron chi connectivity index (χ2n) is 4.87. The van der Waals surface area contributed by atoms with E-state index in [0.717, 1.165) is 10.6 Å². The molecule has 0 unspecified atom stereocenters. The third-order valence-electron chi connectivity index (χ3n) is 3.12. The Bertz CT molecular complexity index is 717. The van der Waals surface area contributed by atoms with Gasteiger partial charge in [-0.1, -0.05) is 23.7 Å². The fourth-order valence-electron chi connectivity index (χ4n) is 1.96. The van der Waals surface area contributed by atoms with Crippen LogP contribution in [0.3, 0.4) is 0 Å². The Kier molecular flexibility index (Phi) is 6.17. The zero-order chi connectivity index (χ0) is 17.5. The zero-order valence-corrected chi connectivity index (χ0v) is 13.7. The number of methoxy groups -OCH3 is 1. The number of rotatable bonds is 7. The van der Waals surface area contributed by atoms with Crippen molar-refractivity contribution in [2.75, 3.05) is 13.7 Å². The van der Waals surface area contributed by atoms with Crippen LogP contribution in [0, 0.1) is 0 Å². The van der Waals surface area contributed by atoms with Gasteiger partial charge >= 0.3 is 5.97 Å². The summed E-state index contributed by atoms with van der Waals surface area (Å²) in [7, 11) is 1.52. The lowest BCUT2D eigenvalue weighted by Gasteiger charge is -2.20. The summed E-state index contributed by atoms with van der Waals surface area (Å²) in [5.74, 6) is -1.14. The van der Waals surface area contributed by atoms with Gasteiger partial charge in [0, 0.05) is 10.6 Å². The molecule has 0 saturated carbocycles. The maximum Gasteiger partial charge on any atom is 0.325 e. The van der Waals surface area contributed by atoms with Crippen molar-refractivity contribution in [2.24, 2.45) is 0 Å². The molecular formula is C17H16ClNO5. The van der Waals surface area contributed by atoms with Crippen LogP contribution < -0.4 is 4.74 Å². The summed E-state index contributed by atoms with van der Waals surface area (Å²) < 4.78 is 5.03. The molecule has 6 nitrogen and oxygen atoms in total. The van der Waals surface area contributed by atoms with Crippen LogP contribution in [0.1, 0.15) is 15.9 Å². The largest absolute Gasteiger partial charge is 0.497 e. The summed E-state index contributed by atoms with van der Waals surface area (Å²) in [6, 6.07) is 13.2. The second kappa shape index (κ2) is 8.33. The molecule has 0 atom stereocenters. The standard InChI is InChI=1S/C17H16ClNO5/c1-23-15-7-5-13(6-8-15)17(22)19(10-16(20)21)24-11-12-3-2-4-14(18)9-12/h2-9H,10-11H2,1H3,(H,20,21). The van der Waals surface area contributed by atoms with Gasteiger partial charge in [0.1, 0.15) is 18.9 Å². The van der Waals surface area contributed by atoms with Crippen LogP contribution in [-0.4, -0.2) is 35.7 Å². The van der Waals surface area contributed by atoms with Crippen molar-refractivity contribution in [3.05, 3.63) is 64.7 Å². The second-order valence-corrected chi connectivity index (χ2v) is 5.30. The number of carboxylic acids is 1. The van der Waals surface area contributed by atoms with Crippen LogP contribution >= 0.6 is 11.6 Å². The number of nitrogens with zero attached hydrogens (tertiary/aromatic N) is 1. The predicted molar refractivity (Wildman–Crippen MR) is 87.9 cm³/mol. The highest BCUT2D eigenvalue weighted by atomic mass is 35.5. The van der Waals surface area contributed by atoms with Gasteiger partial charge in [-0.15, -0.1) is 0 Å². The number of carbonyl (C=O) groups is 2.